The van der Waals surface area contributed by atoms with Gasteiger partial charge in [0.2, 0.25) is 0 Å². The molecule has 0 aliphatic heterocycles. The molecule has 8 heteroatoms. The highest BCUT2D eigenvalue weighted by Gasteiger charge is 2.07. The molecule has 0 bridgehead atoms. The molecule has 0 aliphatic carbocycles. The van der Waals surface area contributed by atoms with E-state index in [1.807, 2.05) is 0 Å². The first-order valence-electron chi connectivity index (χ1n) is 7.09. The minimum absolute atomic E-state index is 0.0565. The average Bonchev–Trinajstić information content (AvgIpc) is 2.53. The average molecular weight is 327 g/mol. The molecule has 1 aromatic carbocycles. The smallest absolute Gasteiger partial charge is 0.335 e. The zero-order chi connectivity index (χ0) is 17.1. The number of carbonyl (C=O) groups is 2. The maximum absolute atomic E-state index is 11.0. The fourth-order valence-electron chi connectivity index (χ4n) is 1.56. The van der Waals surface area contributed by atoms with Crippen molar-refractivity contribution >= 4 is 11.9 Å². The van der Waals surface area contributed by atoms with Crippen LogP contribution in [0, 0.1) is 0 Å². The molecule has 3 N–H and O–H groups in total. The van der Waals surface area contributed by atoms with E-state index in [2.05, 4.69) is 0 Å². The highest BCUT2D eigenvalue weighted by atomic mass is 16.6. The number of carboxylic acid groups (broad SMARTS) is 1. The van der Waals surface area contributed by atoms with E-state index in [9.17, 15) is 9.59 Å². The Morgan fingerprint density at radius 2 is 2.09 bits per heavy atom. The van der Waals surface area contributed by atoms with Crippen molar-refractivity contribution in [1.82, 2.24) is 0 Å². The quantitative estimate of drug-likeness (QED) is 0.345. The molecule has 0 aliphatic rings. The van der Waals surface area contributed by atoms with Crippen molar-refractivity contribution in [1.29, 1.82) is 0 Å². The van der Waals surface area contributed by atoms with Gasteiger partial charge in [0.15, 0.2) is 0 Å². The third-order valence-corrected chi connectivity index (χ3v) is 2.58. The van der Waals surface area contributed by atoms with Gasteiger partial charge in [0.25, 0.3) is 0 Å². The molecule has 128 valence electrons. The maximum atomic E-state index is 11.0. The second-order valence-electron chi connectivity index (χ2n) is 4.41. The summed E-state index contributed by atoms with van der Waals surface area (Å²) in [7, 11) is 0. The predicted octanol–water partition coefficient (Wildman–Crippen LogP) is 0.645. The van der Waals surface area contributed by atoms with E-state index < -0.39 is 18.2 Å². The van der Waals surface area contributed by atoms with Crippen LogP contribution in [0.25, 0.3) is 0 Å². The summed E-state index contributed by atoms with van der Waals surface area (Å²) >= 11 is 0. The van der Waals surface area contributed by atoms with E-state index in [4.69, 9.17) is 29.8 Å². The molecule has 0 fully saturated rings. The lowest BCUT2D eigenvalue weighted by Crippen LogP contribution is -2.32. The largest absolute Gasteiger partial charge is 0.489 e. The van der Waals surface area contributed by atoms with Crippen LogP contribution in [0.5, 0.6) is 5.75 Å². The fraction of sp³-hybridized carbons (Fsp3) is 0.467. The van der Waals surface area contributed by atoms with Gasteiger partial charge in [-0.2, -0.15) is 0 Å². The van der Waals surface area contributed by atoms with Crippen LogP contribution in [-0.2, 0) is 19.0 Å². The predicted molar refractivity (Wildman–Crippen MR) is 80.3 cm³/mol. The molecule has 1 atom stereocenters. The van der Waals surface area contributed by atoms with Crippen LogP contribution < -0.4 is 10.5 Å². The second-order valence-corrected chi connectivity index (χ2v) is 4.41. The summed E-state index contributed by atoms with van der Waals surface area (Å²) in [5, 5.41) is 8.87. The standard InChI is InChI=1S/C15H21NO7/c1-2-21-14(17)10-20-6-7-22-13(16)9-23-12-5-3-4-11(8-12)15(18)19/h3-5,8,13H,2,6-7,9-10,16H2,1H3,(H,18,19). The van der Waals surface area contributed by atoms with Gasteiger partial charge in [-0.05, 0) is 25.1 Å². The van der Waals surface area contributed by atoms with Crippen LogP contribution in [0.3, 0.4) is 0 Å². The first-order valence-corrected chi connectivity index (χ1v) is 7.09. The summed E-state index contributed by atoms with van der Waals surface area (Å²) in [5.74, 6) is -1.07. The molecule has 8 nitrogen and oxygen atoms in total. The molecule has 1 rings (SSSR count). The van der Waals surface area contributed by atoms with Crippen molar-refractivity contribution in [3.8, 4) is 5.75 Å². The number of rotatable bonds is 11. The molecule has 0 saturated carbocycles. The van der Waals surface area contributed by atoms with E-state index in [1.165, 1.54) is 12.1 Å². The molecule has 0 saturated heterocycles. The Morgan fingerprint density at radius 1 is 1.30 bits per heavy atom. The fourth-order valence-corrected chi connectivity index (χ4v) is 1.56. The van der Waals surface area contributed by atoms with E-state index in [-0.39, 0.29) is 32.0 Å². The van der Waals surface area contributed by atoms with Crippen LogP contribution in [0.4, 0.5) is 0 Å². The van der Waals surface area contributed by atoms with Gasteiger partial charge in [-0.1, -0.05) is 6.07 Å². The summed E-state index contributed by atoms with van der Waals surface area (Å²) in [5.41, 5.74) is 5.83. The second kappa shape index (κ2) is 10.5. The van der Waals surface area contributed by atoms with Crippen LogP contribution in [0.2, 0.25) is 0 Å². The molecule has 0 spiro atoms. The molecule has 0 amide bonds. The van der Waals surface area contributed by atoms with Gasteiger partial charge in [-0.3, -0.25) is 0 Å². The first kappa shape index (κ1) is 18.9. The van der Waals surface area contributed by atoms with Crippen molar-refractivity contribution in [3.05, 3.63) is 29.8 Å². The van der Waals surface area contributed by atoms with E-state index in [1.54, 1.807) is 19.1 Å². The number of nitrogens with two attached hydrogens (primary N) is 1. The van der Waals surface area contributed by atoms with Crippen molar-refractivity contribution < 1.29 is 33.6 Å². The van der Waals surface area contributed by atoms with Crippen LogP contribution >= 0.6 is 0 Å². The summed E-state index contributed by atoms with van der Waals surface area (Å²) in [6, 6.07) is 6.07. The van der Waals surface area contributed by atoms with Crippen LogP contribution in [-0.4, -0.2) is 56.3 Å². The first-order chi connectivity index (χ1) is 11.0. The van der Waals surface area contributed by atoms with Gasteiger partial charge in [-0.15, -0.1) is 0 Å². The van der Waals surface area contributed by atoms with Gasteiger partial charge in [-0.25, -0.2) is 9.59 Å². The summed E-state index contributed by atoms with van der Waals surface area (Å²) in [6.45, 7) is 2.34. The van der Waals surface area contributed by atoms with Crippen molar-refractivity contribution in [2.75, 3.05) is 33.0 Å². The topological polar surface area (TPSA) is 117 Å². The molecule has 0 aromatic heterocycles. The minimum Gasteiger partial charge on any atom is -0.489 e. The number of ether oxygens (including phenoxy) is 4. The Morgan fingerprint density at radius 3 is 2.78 bits per heavy atom. The number of carboxylic acids is 1. The zero-order valence-electron chi connectivity index (χ0n) is 12.9. The minimum atomic E-state index is -1.03. The van der Waals surface area contributed by atoms with Gasteiger partial charge < -0.3 is 29.8 Å². The molecule has 0 heterocycles. The summed E-state index contributed by atoms with van der Waals surface area (Å²) in [6.07, 6.45) is -0.699. The Bertz CT molecular complexity index is 506. The molecule has 0 radical (unpaired) electrons. The normalized spacial score (nSPS) is 11.7. The highest BCUT2D eigenvalue weighted by molar-refractivity contribution is 5.87. The van der Waals surface area contributed by atoms with Gasteiger partial charge in [0, 0.05) is 0 Å². The lowest BCUT2D eigenvalue weighted by Gasteiger charge is -2.14. The van der Waals surface area contributed by atoms with E-state index in [0.717, 1.165) is 0 Å². The Kier molecular flexibility index (Phi) is 8.66. The Labute approximate surface area is 134 Å². The maximum Gasteiger partial charge on any atom is 0.335 e. The molecule has 1 aromatic rings. The molecular formula is C15H21NO7. The zero-order valence-corrected chi connectivity index (χ0v) is 12.9. The third kappa shape index (κ3) is 8.15. The summed E-state index contributed by atoms with van der Waals surface area (Å²) in [4.78, 5) is 21.8. The van der Waals surface area contributed by atoms with Crippen molar-refractivity contribution in [2.45, 2.75) is 13.2 Å². The third-order valence-electron chi connectivity index (χ3n) is 2.58. The Hall–Kier alpha value is -2.16. The van der Waals surface area contributed by atoms with E-state index in [0.29, 0.717) is 12.4 Å². The number of hydrogen-bond acceptors (Lipinski definition) is 7. The lowest BCUT2D eigenvalue weighted by molar-refractivity contribution is -0.149. The monoisotopic (exact) mass is 327 g/mol. The van der Waals surface area contributed by atoms with Gasteiger partial charge in [0.1, 0.15) is 25.2 Å². The van der Waals surface area contributed by atoms with Crippen molar-refractivity contribution in [2.24, 2.45) is 5.73 Å². The number of carbonyl (C=O) groups excluding carboxylic acids is 1. The van der Waals surface area contributed by atoms with Crippen molar-refractivity contribution in [3.63, 3.8) is 0 Å². The lowest BCUT2D eigenvalue weighted by atomic mass is 10.2. The summed E-state index contributed by atoms with van der Waals surface area (Å²) < 4.78 is 20.3. The SMILES string of the molecule is CCOC(=O)COCCOC(N)COc1cccc(C(=O)O)c1. The highest BCUT2D eigenvalue weighted by Crippen LogP contribution is 2.13. The number of aromatic carboxylic acids is 1. The molecular weight excluding hydrogens is 306 g/mol. The number of benzene rings is 1. The van der Waals surface area contributed by atoms with Gasteiger partial charge >= 0.3 is 11.9 Å². The van der Waals surface area contributed by atoms with Crippen LogP contribution in [0.1, 0.15) is 17.3 Å². The molecule has 1 unspecified atom stereocenters. The van der Waals surface area contributed by atoms with Gasteiger partial charge in [0.05, 0.1) is 25.4 Å². The molecule has 23 heavy (non-hydrogen) atoms. The Balaban J connectivity index is 2.17. The van der Waals surface area contributed by atoms with E-state index >= 15 is 0 Å². The number of hydrogen-bond donors (Lipinski definition) is 2. The number of esters is 1. The van der Waals surface area contributed by atoms with Crippen LogP contribution in [0.15, 0.2) is 24.3 Å².